The van der Waals surface area contributed by atoms with Crippen LogP contribution in [0.1, 0.15) is 16.7 Å². The number of aryl methyl sites for hydroxylation is 1. The molecule has 0 saturated carbocycles. The fourth-order valence-electron chi connectivity index (χ4n) is 3.26. The standard InChI is InChI=1S/C19H18O5/c1-10-6-5-7-11-12(9-15(20)21)13-8-14(22-2)18(23-3)19(24-4)17(13)16(10)11/h5-9H,1-4H3,(H,20,21)/b12-9+. The molecule has 2 aromatic carbocycles. The molecule has 0 amide bonds. The molecule has 3 rings (SSSR count). The van der Waals surface area contributed by atoms with Crippen LogP contribution in [0.25, 0.3) is 16.7 Å². The lowest BCUT2D eigenvalue weighted by molar-refractivity contribution is -0.131. The molecule has 0 heterocycles. The van der Waals surface area contributed by atoms with Crippen molar-refractivity contribution in [1.82, 2.24) is 0 Å². The number of fused-ring (bicyclic) bond motifs is 3. The van der Waals surface area contributed by atoms with Gasteiger partial charge in [-0.05, 0) is 40.8 Å². The number of hydrogen-bond donors (Lipinski definition) is 1. The lowest BCUT2D eigenvalue weighted by Gasteiger charge is -2.17. The molecule has 0 unspecified atom stereocenters. The smallest absolute Gasteiger partial charge is 0.328 e. The fourth-order valence-corrected chi connectivity index (χ4v) is 3.26. The van der Waals surface area contributed by atoms with Crippen molar-refractivity contribution in [2.24, 2.45) is 0 Å². The minimum atomic E-state index is -1.00. The van der Waals surface area contributed by atoms with Crippen LogP contribution in [0.3, 0.4) is 0 Å². The summed E-state index contributed by atoms with van der Waals surface area (Å²) in [5, 5.41) is 9.28. The molecule has 1 aliphatic rings. The third-order valence-electron chi connectivity index (χ3n) is 4.20. The van der Waals surface area contributed by atoms with E-state index in [4.69, 9.17) is 14.2 Å². The van der Waals surface area contributed by atoms with Crippen molar-refractivity contribution in [2.75, 3.05) is 21.3 Å². The van der Waals surface area contributed by atoms with Gasteiger partial charge in [-0.25, -0.2) is 4.79 Å². The van der Waals surface area contributed by atoms with Gasteiger partial charge in [0, 0.05) is 11.6 Å². The average Bonchev–Trinajstić information content (AvgIpc) is 2.87. The summed E-state index contributed by atoms with van der Waals surface area (Å²) in [6.45, 7) is 1.99. The van der Waals surface area contributed by atoms with E-state index >= 15 is 0 Å². The number of hydrogen-bond acceptors (Lipinski definition) is 4. The van der Waals surface area contributed by atoms with Crippen molar-refractivity contribution in [1.29, 1.82) is 0 Å². The summed E-state index contributed by atoms with van der Waals surface area (Å²) in [6, 6.07) is 7.61. The van der Waals surface area contributed by atoms with E-state index in [1.54, 1.807) is 20.3 Å². The molecule has 124 valence electrons. The minimum Gasteiger partial charge on any atom is -0.493 e. The van der Waals surface area contributed by atoms with Crippen molar-refractivity contribution in [3.63, 3.8) is 0 Å². The van der Waals surface area contributed by atoms with E-state index in [0.29, 0.717) is 22.8 Å². The number of ether oxygens (including phenoxy) is 3. The highest BCUT2D eigenvalue weighted by Gasteiger charge is 2.32. The summed E-state index contributed by atoms with van der Waals surface area (Å²) < 4.78 is 16.5. The molecule has 1 aliphatic carbocycles. The maximum Gasteiger partial charge on any atom is 0.328 e. The summed E-state index contributed by atoms with van der Waals surface area (Å²) in [4.78, 5) is 11.3. The van der Waals surface area contributed by atoms with E-state index < -0.39 is 5.97 Å². The molecular formula is C19H18O5. The molecule has 0 spiro atoms. The van der Waals surface area contributed by atoms with Gasteiger partial charge in [-0.1, -0.05) is 18.2 Å². The van der Waals surface area contributed by atoms with Gasteiger partial charge in [0.25, 0.3) is 0 Å². The largest absolute Gasteiger partial charge is 0.493 e. The molecular weight excluding hydrogens is 308 g/mol. The van der Waals surface area contributed by atoms with E-state index in [-0.39, 0.29) is 0 Å². The minimum absolute atomic E-state index is 0.490. The van der Waals surface area contributed by atoms with Crippen LogP contribution in [0.15, 0.2) is 30.3 Å². The molecule has 2 aromatic rings. The number of benzene rings is 2. The van der Waals surface area contributed by atoms with E-state index in [1.807, 2.05) is 25.1 Å². The van der Waals surface area contributed by atoms with Crippen LogP contribution < -0.4 is 14.2 Å². The Balaban J connectivity index is 2.48. The molecule has 0 fully saturated rings. The second-order valence-corrected chi connectivity index (χ2v) is 5.46. The quantitative estimate of drug-likeness (QED) is 0.743. The Kier molecular flexibility index (Phi) is 3.93. The first-order valence-electron chi connectivity index (χ1n) is 7.41. The highest BCUT2D eigenvalue weighted by molar-refractivity contribution is 6.09. The predicted octanol–water partition coefficient (Wildman–Crippen LogP) is 3.52. The van der Waals surface area contributed by atoms with Crippen molar-refractivity contribution in [2.45, 2.75) is 6.92 Å². The zero-order valence-electron chi connectivity index (χ0n) is 14.0. The molecule has 5 heteroatoms. The van der Waals surface area contributed by atoms with Crippen molar-refractivity contribution >= 4 is 11.5 Å². The second-order valence-electron chi connectivity index (χ2n) is 5.46. The van der Waals surface area contributed by atoms with Crippen LogP contribution in [0.5, 0.6) is 17.2 Å². The van der Waals surface area contributed by atoms with E-state index in [2.05, 4.69) is 0 Å². The SMILES string of the molecule is COc1cc2c(c(OC)c1OC)-c1c(C)cccc1/C2=C\C(=O)O. The zero-order chi connectivity index (χ0) is 17.4. The number of aliphatic carboxylic acids is 1. The summed E-state index contributed by atoms with van der Waals surface area (Å²) in [7, 11) is 4.65. The summed E-state index contributed by atoms with van der Waals surface area (Å²) in [6.07, 6.45) is 1.22. The highest BCUT2D eigenvalue weighted by atomic mass is 16.5. The van der Waals surface area contributed by atoms with Gasteiger partial charge in [0.1, 0.15) is 0 Å². The van der Waals surface area contributed by atoms with Crippen LogP contribution in [0, 0.1) is 6.92 Å². The zero-order valence-corrected chi connectivity index (χ0v) is 14.0. The summed E-state index contributed by atoms with van der Waals surface area (Å²) in [5.74, 6) is 0.523. The molecule has 0 radical (unpaired) electrons. The monoisotopic (exact) mass is 326 g/mol. The molecule has 0 aromatic heterocycles. The Bertz CT molecular complexity index is 865. The van der Waals surface area contributed by atoms with Gasteiger partial charge in [0.05, 0.1) is 21.3 Å². The first-order chi connectivity index (χ1) is 11.5. The maximum absolute atomic E-state index is 11.3. The fraction of sp³-hybridized carbons (Fsp3) is 0.211. The highest BCUT2D eigenvalue weighted by Crippen LogP contribution is 2.55. The molecule has 0 saturated heterocycles. The normalized spacial score (nSPS) is 13.4. The molecule has 24 heavy (non-hydrogen) atoms. The van der Waals surface area contributed by atoms with Crippen molar-refractivity contribution in [3.05, 3.63) is 47.0 Å². The molecule has 0 aliphatic heterocycles. The van der Waals surface area contributed by atoms with Crippen molar-refractivity contribution in [3.8, 4) is 28.4 Å². The average molecular weight is 326 g/mol. The van der Waals surface area contributed by atoms with Gasteiger partial charge in [0.2, 0.25) is 5.75 Å². The van der Waals surface area contributed by atoms with E-state index in [9.17, 15) is 9.90 Å². The number of methoxy groups -OCH3 is 3. The Labute approximate surface area is 140 Å². The van der Waals surface area contributed by atoms with Gasteiger partial charge in [0.15, 0.2) is 11.5 Å². The van der Waals surface area contributed by atoms with E-state index in [0.717, 1.165) is 27.8 Å². The molecule has 0 atom stereocenters. The summed E-state index contributed by atoms with van der Waals surface area (Å²) in [5.41, 5.74) is 5.08. The lowest BCUT2D eigenvalue weighted by Crippen LogP contribution is -1.98. The van der Waals surface area contributed by atoms with Crippen LogP contribution in [0.4, 0.5) is 0 Å². The second kappa shape index (κ2) is 5.92. The van der Waals surface area contributed by atoms with Gasteiger partial charge in [-0.15, -0.1) is 0 Å². The van der Waals surface area contributed by atoms with Crippen LogP contribution in [-0.4, -0.2) is 32.4 Å². The first-order valence-corrected chi connectivity index (χ1v) is 7.41. The first kappa shape index (κ1) is 15.9. The predicted molar refractivity (Wildman–Crippen MR) is 91.0 cm³/mol. The van der Waals surface area contributed by atoms with E-state index in [1.165, 1.54) is 13.2 Å². The van der Waals surface area contributed by atoms with Gasteiger partial charge >= 0.3 is 5.97 Å². The van der Waals surface area contributed by atoms with Crippen molar-refractivity contribution < 1.29 is 24.1 Å². The number of carboxylic acids is 1. The van der Waals surface area contributed by atoms with Crippen LogP contribution in [0.2, 0.25) is 0 Å². The number of carbonyl (C=O) groups is 1. The van der Waals surface area contributed by atoms with Gasteiger partial charge < -0.3 is 19.3 Å². The Hall–Kier alpha value is -2.95. The van der Waals surface area contributed by atoms with Crippen LogP contribution in [-0.2, 0) is 4.79 Å². The molecule has 5 nitrogen and oxygen atoms in total. The summed E-state index contributed by atoms with van der Waals surface area (Å²) >= 11 is 0. The Morgan fingerprint density at radius 3 is 2.29 bits per heavy atom. The lowest BCUT2D eigenvalue weighted by atomic mass is 9.99. The molecule has 1 N–H and O–H groups in total. The van der Waals surface area contributed by atoms with Gasteiger partial charge in [-0.3, -0.25) is 0 Å². The number of carboxylic acid groups (broad SMARTS) is 1. The maximum atomic E-state index is 11.3. The van der Waals surface area contributed by atoms with Gasteiger partial charge in [-0.2, -0.15) is 0 Å². The molecule has 0 bridgehead atoms. The third-order valence-corrected chi connectivity index (χ3v) is 4.20. The third kappa shape index (κ3) is 2.21. The number of rotatable bonds is 4. The Morgan fingerprint density at radius 1 is 1.00 bits per heavy atom. The Morgan fingerprint density at radius 2 is 1.71 bits per heavy atom. The van der Waals surface area contributed by atoms with Crippen LogP contribution >= 0.6 is 0 Å². The topological polar surface area (TPSA) is 65.0 Å².